The number of hydrogen-bond acceptors (Lipinski definition) is 2. The van der Waals surface area contributed by atoms with Crippen LogP contribution in [-0.4, -0.2) is 15.8 Å². The van der Waals surface area contributed by atoms with E-state index in [1.54, 1.807) is 0 Å². The third-order valence-corrected chi connectivity index (χ3v) is 1.88. The first-order chi connectivity index (χ1) is 5.89. The van der Waals surface area contributed by atoms with Crippen LogP contribution in [0.15, 0.2) is 12.4 Å². The summed E-state index contributed by atoms with van der Waals surface area (Å²) in [5.74, 6) is 0. The molecule has 2 N–H and O–H groups in total. The number of hydrogen-bond donors (Lipinski definition) is 1. The van der Waals surface area contributed by atoms with Gasteiger partial charge in [0.25, 0.3) is 0 Å². The Labute approximate surface area is 79.9 Å². The largest absolute Gasteiger partial charge is 0.328 e. The van der Waals surface area contributed by atoms with Gasteiger partial charge >= 0.3 is 0 Å². The van der Waals surface area contributed by atoms with Gasteiger partial charge in [-0.05, 0) is 39.7 Å². The Bertz CT molecular complexity index is 268. The first-order valence-corrected chi connectivity index (χ1v) is 4.69. The summed E-state index contributed by atoms with van der Waals surface area (Å²) in [6, 6.07) is 0.206. The summed E-state index contributed by atoms with van der Waals surface area (Å²) in [6.45, 7) is 8.41. The van der Waals surface area contributed by atoms with Crippen LogP contribution in [-0.2, 0) is 12.0 Å². The predicted molar refractivity (Wildman–Crippen MR) is 54.6 cm³/mol. The van der Waals surface area contributed by atoms with E-state index in [2.05, 4.69) is 32.1 Å². The van der Waals surface area contributed by atoms with E-state index in [1.165, 1.54) is 5.56 Å². The van der Waals surface area contributed by atoms with Crippen molar-refractivity contribution in [2.75, 3.05) is 0 Å². The highest BCUT2D eigenvalue weighted by molar-refractivity contribution is 5.06. The molecule has 0 aliphatic carbocycles. The first-order valence-electron chi connectivity index (χ1n) is 4.69. The molecule has 0 amide bonds. The zero-order valence-corrected chi connectivity index (χ0v) is 8.91. The Hall–Kier alpha value is -0.830. The van der Waals surface area contributed by atoms with E-state index >= 15 is 0 Å². The standard InChI is InChI=1S/C10H19N3/c1-8(11)5-9-6-12-13(7-9)10(2,3)4/h6-8H,5,11H2,1-4H3. The van der Waals surface area contributed by atoms with Crippen molar-refractivity contribution in [2.24, 2.45) is 5.73 Å². The van der Waals surface area contributed by atoms with Gasteiger partial charge in [0.05, 0.1) is 11.7 Å². The molecule has 0 radical (unpaired) electrons. The van der Waals surface area contributed by atoms with Crippen LogP contribution < -0.4 is 5.73 Å². The third kappa shape index (κ3) is 2.84. The van der Waals surface area contributed by atoms with Crippen molar-refractivity contribution in [2.45, 2.75) is 45.7 Å². The lowest BCUT2D eigenvalue weighted by atomic mass is 10.1. The third-order valence-electron chi connectivity index (χ3n) is 1.88. The summed E-state index contributed by atoms with van der Waals surface area (Å²) < 4.78 is 1.98. The van der Waals surface area contributed by atoms with E-state index in [4.69, 9.17) is 5.73 Å². The van der Waals surface area contributed by atoms with Gasteiger partial charge in [-0.2, -0.15) is 5.10 Å². The molecule has 1 aromatic rings. The molecule has 0 saturated carbocycles. The van der Waals surface area contributed by atoms with E-state index in [0.29, 0.717) is 0 Å². The quantitative estimate of drug-likeness (QED) is 0.752. The zero-order valence-electron chi connectivity index (χ0n) is 8.91. The van der Waals surface area contributed by atoms with Crippen LogP contribution in [0.5, 0.6) is 0 Å². The second-order valence-electron chi connectivity index (χ2n) is 4.65. The van der Waals surface area contributed by atoms with Crippen LogP contribution in [0.2, 0.25) is 0 Å². The van der Waals surface area contributed by atoms with Gasteiger partial charge in [0, 0.05) is 12.2 Å². The number of aromatic nitrogens is 2. The fourth-order valence-corrected chi connectivity index (χ4v) is 1.20. The monoisotopic (exact) mass is 181 g/mol. The molecule has 0 fully saturated rings. The topological polar surface area (TPSA) is 43.8 Å². The van der Waals surface area contributed by atoms with Crippen LogP contribution >= 0.6 is 0 Å². The summed E-state index contributed by atoms with van der Waals surface area (Å²) in [7, 11) is 0. The average molecular weight is 181 g/mol. The summed E-state index contributed by atoms with van der Waals surface area (Å²) in [6.07, 6.45) is 4.87. The predicted octanol–water partition coefficient (Wildman–Crippen LogP) is 1.53. The van der Waals surface area contributed by atoms with Gasteiger partial charge in [-0.3, -0.25) is 4.68 Å². The zero-order chi connectivity index (χ0) is 10.1. The van der Waals surface area contributed by atoms with Crippen molar-refractivity contribution >= 4 is 0 Å². The molecule has 1 unspecified atom stereocenters. The van der Waals surface area contributed by atoms with Crippen LogP contribution in [0.25, 0.3) is 0 Å². The Morgan fingerprint density at radius 1 is 1.54 bits per heavy atom. The molecule has 3 nitrogen and oxygen atoms in total. The van der Waals surface area contributed by atoms with Crippen molar-refractivity contribution in [3.8, 4) is 0 Å². The fourth-order valence-electron chi connectivity index (χ4n) is 1.20. The van der Waals surface area contributed by atoms with E-state index < -0.39 is 0 Å². The fraction of sp³-hybridized carbons (Fsp3) is 0.700. The maximum atomic E-state index is 5.71. The Balaban J connectivity index is 2.75. The van der Waals surface area contributed by atoms with Gasteiger partial charge in [0.2, 0.25) is 0 Å². The molecule has 0 aliphatic heterocycles. The normalized spacial score (nSPS) is 14.5. The molecule has 74 valence electrons. The lowest BCUT2D eigenvalue weighted by Gasteiger charge is -2.18. The molecule has 0 saturated heterocycles. The molecule has 3 heteroatoms. The van der Waals surface area contributed by atoms with Gasteiger partial charge in [0.1, 0.15) is 0 Å². The van der Waals surface area contributed by atoms with Crippen molar-refractivity contribution in [1.82, 2.24) is 9.78 Å². The maximum Gasteiger partial charge on any atom is 0.0543 e. The molecule has 0 aromatic carbocycles. The molecule has 13 heavy (non-hydrogen) atoms. The molecule has 1 heterocycles. The van der Waals surface area contributed by atoms with Gasteiger partial charge in [0.15, 0.2) is 0 Å². The molecule has 1 rings (SSSR count). The van der Waals surface area contributed by atoms with Crippen LogP contribution in [0, 0.1) is 0 Å². The average Bonchev–Trinajstić information content (AvgIpc) is 2.32. The highest BCUT2D eigenvalue weighted by Gasteiger charge is 2.13. The molecule has 0 aliphatic rings. The van der Waals surface area contributed by atoms with Crippen LogP contribution in [0.3, 0.4) is 0 Å². The van der Waals surface area contributed by atoms with Crippen molar-refractivity contribution in [1.29, 1.82) is 0 Å². The highest BCUT2D eigenvalue weighted by Crippen LogP contribution is 2.13. The van der Waals surface area contributed by atoms with E-state index in [9.17, 15) is 0 Å². The SMILES string of the molecule is CC(N)Cc1cnn(C(C)(C)C)c1. The first kappa shape index (κ1) is 10.3. The molecule has 0 spiro atoms. The summed E-state index contributed by atoms with van der Waals surface area (Å²) in [5, 5.41) is 4.30. The lowest BCUT2D eigenvalue weighted by Crippen LogP contribution is -2.22. The van der Waals surface area contributed by atoms with E-state index in [1.807, 2.05) is 17.8 Å². The second-order valence-corrected chi connectivity index (χ2v) is 4.65. The van der Waals surface area contributed by atoms with Gasteiger partial charge in [-0.25, -0.2) is 0 Å². The Kier molecular flexibility index (Phi) is 2.76. The smallest absolute Gasteiger partial charge is 0.0543 e. The van der Waals surface area contributed by atoms with Gasteiger partial charge in [-0.1, -0.05) is 0 Å². The minimum Gasteiger partial charge on any atom is -0.328 e. The Morgan fingerprint density at radius 3 is 2.54 bits per heavy atom. The summed E-state index contributed by atoms with van der Waals surface area (Å²) >= 11 is 0. The van der Waals surface area contributed by atoms with E-state index in [0.717, 1.165) is 6.42 Å². The van der Waals surface area contributed by atoms with Crippen molar-refractivity contribution in [3.63, 3.8) is 0 Å². The molecule has 0 bridgehead atoms. The molecule has 1 atom stereocenters. The lowest BCUT2D eigenvalue weighted by molar-refractivity contribution is 0.355. The van der Waals surface area contributed by atoms with Gasteiger partial charge in [-0.15, -0.1) is 0 Å². The van der Waals surface area contributed by atoms with Gasteiger partial charge < -0.3 is 5.73 Å². The summed E-state index contributed by atoms with van der Waals surface area (Å²) in [5.41, 5.74) is 6.98. The number of nitrogens with two attached hydrogens (primary N) is 1. The number of rotatable bonds is 2. The minimum absolute atomic E-state index is 0.0656. The molecular formula is C10H19N3. The minimum atomic E-state index is 0.0656. The Morgan fingerprint density at radius 2 is 2.15 bits per heavy atom. The summed E-state index contributed by atoms with van der Waals surface area (Å²) in [4.78, 5) is 0. The second kappa shape index (κ2) is 3.50. The highest BCUT2D eigenvalue weighted by atomic mass is 15.3. The van der Waals surface area contributed by atoms with Crippen molar-refractivity contribution < 1.29 is 0 Å². The molecular weight excluding hydrogens is 162 g/mol. The number of nitrogens with zero attached hydrogens (tertiary/aromatic N) is 2. The maximum absolute atomic E-state index is 5.71. The van der Waals surface area contributed by atoms with Crippen LogP contribution in [0.1, 0.15) is 33.3 Å². The van der Waals surface area contributed by atoms with Crippen molar-refractivity contribution in [3.05, 3.63) is 18.0 Å². The van der Waals surface area contributed by atoms with E-state index in [-0.39, 0.29) is 11.6 Å². The molecule has 1 aromatic heterocycles. The van der Waals surface area contributed by atoms with Crippen LogP contribution in [0.4, 0.5) is 0 Å².